The van der Waals surface area contributed by atoms with Gasteiger partial charge in [0.25, 0.3) is 0 Å². The van der Waals surface area contributed by atoms with Crippen LogP contribution in [-0.2, 0) is 19.6 Å². The summed E-state index contributed by atoms with van der Waals surface area (Å²) >= 11 is 0. The normalized spacial score (nSPS) is 27.3. The minimum Gasteiger partial charge on any atom is -0.466 e. The van der Waals surface area contributed by atoms with Crippen LogP contribution in [0.2, 0.25) is 0 Å². The molecule has 2 saturated carbocycles. The Hall–Kier alpha value is -1.77. The minimum absolute atomic E-state index is 0.129. The zero-order chi connectivity index (χ0) is 21.3. The molecule has 0 N–H and O–H groups in total. The molecule has 0 aliphatic heterocycles. The van der Waals surface area contributed by atoms with Crippen molar-refractivity contribution in [1.82, 2.24) is 0 Å². The van der Waals surface area contributed by atoms with Crippen molar-refractivity contribution >= 4 is 16.1 Å². The van der Waals surface area contributed by atoms with Crippen LogP contribution in [0.3, 0.4) is 0 Å². The van der Waals surface area contributed by atoms with E-state index in [0.29, 0.717) is 24.4 Å². The maximum absolute atomic E-state index is 12.4. The van der Waals surface area contributed by atoms with Crippen molar-refractivity contribution in [3.8, 4) is 5.75 Å². The number of hydrogen-bond acceptors (Lipinski definition) is 5. The molecule has 5 nitrogen and oxygen atoms in total. The highest BCUT2D eigenvalue weighted by molar-refractivity contribution is 7.88. The zero-order valence-corrected chi connectivity index (χ0v) is 17.0. The molecule has 9 heteroatoms. The maximum atomic E-state index is 12.4. The van der Waals surface area contributed by atoms with Crippen molar-refractivity contribution in [3.05, 3.63) is 29.8 Å². The Morgan fingerprint density at radius 3 is 2.24 bits per heavy atom. The third-order valence-electron chi connectivity index (χ3n) is 6.09. The maximum Gasteiger partial charge on any atom is 0.534 e. The van der Waals surface area contributed by atoms with Crippen molar-refractivity contribution < 1.29 is 35.3 Å². The first-order valence-corrected chi connectivity index (χ1v) is 11.2. The summed E-state index contributed by atoms with van der Waals surface area (Å²) in [5.74, 6) is 0.214. The Kier molecular flexibility index (Phi) is 6.17. The number of hydrogen-bond donors (Lipinski definition) is 0. The zero-order valence-electron chi connectivity index (χ0n) is 16.2. The molecule has 1 aromatic carbocycles. The van der Waals surface area contributed by atoms with Gasteiger partial charge in [-0.3, -0.25) is 4.79 Å². The SMILES string of the molecule is CCOC(=O)CC1CC2(CCC(c3ccc(OS(=O)(=O)C(F)(F)F)cc3)CC2)C1. The molecule has 0 aromatic heterocycles. The monoisotopic (exact) mass is 434 g/mol. The predicted molar refractivity (Wildman–Crippen MR) is 99.7 cm³/mol. The van der Waals surface area contributed by atoms with Gasteiger partial charge >= 0.3 is 21.6 Å². The minimum atomic E-state index is -5.65. The summed E-state index contributed by atoms with van der Waals surface area (Å²) in [7, 11) is -5.65. The Balaban J connectivity index is 1.50. The summed E-state index contributed by atoms with van der Waals surface area (Å²) < 4.78 is 68.5. The molecule has 0 saturated heterocycles. The van der Waals surface area contributed by atoms with Crippen LogP contribution in [0.25, 0.3) is 0 Å². The van der Waals surface area contributed by atoms with Gasteiger partial charge in [-0.2, -0.15) is 21.6 Å². The van der Waals surface area contributed by atoms with Gasteiger partial charge in [0, 0.05) is 6.42 Å². The van der Waals surface area contributed by atoms with Crippen LogP contribution in [0.1, 0.15) is 63.4 Å². The number of ether oxygens (including phenoxy) is 1. The molecular weight excluding hydrogens is 409 g/mol. The van der Waals surface area contributed by atoms with E-state index in [1.165, 1.54) is 12.1 Å². The van der Waals surface area contributed by atoms with Crippen LogP contribution in [0, 0.1) is 11.3 Å². The van der Waals surface area contributed by atoms with Crippen LogP contribution >= 0.6 is 0 Å². The molecule has 1 aromatic rings. The van der Waals surface area contributed by atoms with E-state index in [2.05, 4.69) is 4.18 Å². The topological polar surface area (TPSA) is 69.7 Å². The summed E-state index contributed by atoms with van der Waals surface area (Å²) in [5.41, 5.74) is -4.17. The van der Waals surface area contributed by atoms with E-state index in [-0.39, 0.29) is 17.6 Å². The van der Waals surface area contributed by atoms with Crippen molar-refractivity contribution in [2.45, 2.75) is 63.3 Å². The van der Waals surface area contributed by atoms with E-state index in [1.54, 1.807) is 19.1 Å². The first-order chi connectivity index (χ1) is 13.5. The van der Waals surface area contributed by atoms with Crippen molar-refractivity contribution in [2.75, 3.05) is 6.61 Å². The number of carbonyl (C=O) groups is 1. The van der Waals surface area contributed by atoms with Crippen LogP contribution in [0.4, 0.5) is 13.2 Å². The molecule has 0 radical (unpaired) electrons. The molecule has 2 aliphatic rings. The standard InChI is InChI=1S/C20H25F3O5S/c1-2-27-18(24)11-14-12-19(13-14)9-7-16(8-10-19)15-3-5-17(6-4-15)28-29(25,26)20(21,22)23/h3-6,14,16H,2,7-13H2,1H3. The largest absolute Gasteiger partial charge is 0.534 e. The second kappa shape index (κ2) is 8.16. The van der Waals surface area contributed by atoms with E-state index in [4.69, 9.17) is 4.74 Å². The van der Waals surface area contributed by atoms with Crippen LogP contribution in [-0.4, -0.2) is 26.5 Å². The van der Waals surface area contributed by atoms with Crippen molar-refractivity contribution in [2.24, 2.45) is 11.3 Å². The molecule has 0 heterocycles. The van der Waals surface area contributed by atoms with E-state index < -0.39 is 15.6 Å². The highest BCUT2D eigenvalue weighted by Crippen LogP contribution is 2.58. The molecule has 0 bridgehead atoms. The second-order valence-corrected chi connectivity index (χ2v) is 9.65. The van der Waals surface area contributed by atoms with Crippen molar-refractivity contribution in [3.63, 3.8) is 0 Å². The summed E-state index contributed by atoms with van der Waals surface area (Å²) in [4.78, 5) is 11.6. The Morgan fingerprint density at radius 1 is 1.14 bits per heavy atom. The quantitative estimate of drug-likeness (QED) is 0.361. The molecule has 3 rings (SSSR count). The second-order valence-electron chi connectivity index (χ2n) is 8.11. The summed E-state index contributed by atoms with van der Waals surface area (Å²) in [6.45, 7) is 2.21. The van der Waals surface area contributed by atoms with E-state index in [1.807, 2.05) is 0 Å². The molecule has 162 valence electrons. The van der Waals surface area contributed by atoms with Gasteiger partial charge in [-0.15, -0.1) is 0 Å². The molecule has 0 unspecified atom stereocenters. The van der Waals surface area contributed by atoms with Gasteiger partial charge in [-0.25, -0.2) is 0 Å². The van der Waals surface area contributed by atoms with Gasteiger partial charge in [-0.05, 0) is 80.4 Å². The Labute approximate surface area is 168 Å². The van der Waals surface area contributed by atoms with E-state index >= 15 is 0 Å². The molecular formula is C20H25F3O5S. The highest BCUT2D eigenvalue weighted by atomic mass is 32.2. The number of rotatable bonds is 6. The first kappa shape index (κ1) is 21.9. The third kappa shape index (κ3) is 5.05. The van der Waals surface area contributed by atoms with E-state index in [9.17, 15) is 26.4 Å². The number of halogens is 3. The predicted octanol–water partition coefficient (Wildman–Crippen LogP) is 4.92. The van der Waals surface area contributed by atoms with Gasteiger partial charge in [0.2, 0.25) is 0 Å². The number of carbonyl (C=O) groups excluding carboxylic acids is 1. The van der Waals surface area contributed by atoms with Gasteiger partial charge < -0.3 is 8.92 Å². The molecule has 1 spiro atoms. The lowest BCUT2D eigenvalue weighted by Crippen LogP contribution is -2.41. The summed E-state index contributed by atoms with van der Waals surface area (Å²) in [6, 6.07) is 5.80. The number of benzene rings is 1. The van der Waals surface area contributed by atoms with Crippen molar-refractivity contribution in [1.29, 1.82) is 0 Å². The summed E-state index contributed by atoms with van der Waals surface area (Å²) in [5, 5.41) is 0. The lowest BCUT2D eigenvalue weighted by atomic mass is 9.53. The molecule has 2 fully saturated rings. The van der Waals surface area contributed by atoms with Gasteiger partial charge in [0.15, 0.2) is 0 Å². The van der Waals surface area contributed by atoms with Gasteiger partial charge in [0.05, 0.1) is 6.61 Å². The number of alkyl halides is 3. The highest BCUT2D eigenvalue weighted by Gasteiger charge is 2.49. The molecule has 2 aliphatic carbocycles. The van der Waals surface area contributed by atoms with Crippen LogP contribution in [0.15, 0.2) is 24.3 Å². The van der Waals surface area contributed by atoms with Gasteiger partial charge in [0.1, 0.15) is 5.75 Å². The fraction of sp³-hybridized carbons (Fsp3) is 0.650. The smallest absolute Gasteiger partial charge is 0.466 e. The lowest BCUT2D eigenvalue weighted by Gasteiger charge is -2.51. The fourth-order valence-corrected chi connectivity index (χ4v) is 5.17. The van der Waals surface area contributed by atoms with E-state index in [0.717, 1.165) is 44.1 Å². The molecule has 29 heavy (non-hydrogen) atoms. The average Bonchev–Trinajstić information content (AvgIpc) is 2.61. The number of esters is 1. The van der Waals surface area contributed by atoms with Crippen LogP contribution < -0.4 is 4.18 Å². The Bertz CT molecular complexity index is 817. The third-order valence-corrected chi connectivity index (χ3v) is 7.07. The van der Waals surface area contributed by atoms with Gasteiger partial charge in [-0.1, -0.05) is 12.1 Å². The fourth-order valence-electron chi connectivity index (χ4n) is 4.71. The van der Waals surface area contributed by atoms with Crippen LogP contribution in [0.5, 0.6) is 5.75 Å². The molecule has 0 atom stereocenters. The average molecular weight is 434 g/mol. The Morgan fingerprint density at radius 2 is 1.72 bits per heavy atom. The molecule has 0 amide bonds. The first-order valence-electron chi connectivity index (χ1n) is 9.80. The lowest BCUT2D eigenvalue weighted by molar-refractivity contribution is -0.146. The summed E-state index contributed by atoms with van der Waals surface area (Å²) in [6.07, 6.45) is 6.61.